The molecule has 0 unspecified atom stereocenters. The molecule has 0 radical (unpaired) electrons. The maximum atomic E-state index is 5.80. The molecule has 1 aliphatic rings. The van der Waals surface area contributed by atoms with Gasteiger partial charge in [-0.3, -0.25) is 0 Å². The fourth-order valence-electron chi connectivity index (χ4n) is 2.31. The second kappa shape index (κ2) is 7.36. The van der Waals surface area contributed by atoms with E-state index < -0.39 is 0 Å². The fourth-order valence-corrected chi connectivity index (χ4v) is 2.31. The molecule has 0 spiro atoms. The average molecular weight is 263 g/mol. The number of nitrogens with zero attached hydrogens (tertiary/aromatic N) is 1. The lowest BCUT2D eigenvalue weighted by Crippen LogP contribution is -2.43. The van der Waals surface area contributed by atoms with Crippen molar-refractivity contribution in [1.29, 1.82) is 0 Å². The fraction of sp³-hybridized carbons (Fsp3) is 0.600. The number of anilines is 1. The maximum absolute atomic E-state index is 5.80. The van der Waals surface area contributed by atoms with Crippen molar-refractivity contribution in [3.05, 3.63) is 23.8 Å². The second-order valence-corrected chi connectivity index (χ2v) is 4.92. The first-order valence-corrected chi connectivity index (χ1v) is 7.26. The molecule has 1 aliphatic heterocycles. The Bertz CT molecular complexity index is 389. The Morgan fingerprint density at radius 2 is 2.05 bits per heavy atom. The third-order valence-corrected chi connectivity index (χ3v) is 3.46. The summed E-state index contributed by atoms with van der Waals surface area (Å²) >= 11 is 0. The number of hydrogen-bond acceptors (Lipinski definition) is 4. The molecule has 1 fully saturated rings. The molecule has 0 amide bonds. The third-order valence-electron chi connectivity index (χ3n) is 3.46. The summed E-state index contributed by atoms with van der Waals surface area (Å²) in [7, 11) is 0. The van der Waals surface area contributed by atoms with Gasteiger partial charge in [0.15, 0.2) is 0 Å². The Balaban J connectivity index is 2.10. The van der Waals surface area contributed by atoms with Crippen molar-refractivity contribution in [2.45, 2.75) is 19.8 Å². The summed E-state index contributed by atoms with van der Waals surface area (Å²) in [5.74, 6) is 0.973. The van der Waals surface area contributed by atoms with Crippen molar-refractivity contribution >= 4 is 5.69 Å². The van der Waals surface area contributed by atoms with E-state index in [2.05, 4.69) is 35.3 Å². The molecule has 4 heteroatoms. The summed E-state index contributed by atoms with van der Waals surface area (Å²) in [4.78, 5) is 2.42. The monoisotopic (exact) mass is 263 g/mol. The summed E-state index contributed by atoms with van der Waals surface area (Å²) in [5, 5.41) is 3.38. The van der Waals surface area contributed by atoms with Gasteiger partial charge in [-0.05, 0) is 37.1 Å². The SMILES string of the molecule is CCc1cc(OCCCN)cc(N2CCNCC2)c1. The summed E-state index contributed by atoms with van der Waals surface area (Å²) < 4.78 is 5.80. The van der Waals surface area contributed by atoms with Gasteiger partial charge >= 0.3 is 0 Å². The highest BCUT2D eigenvalue weighted by Gasteiger charge is 2.12. The van der Waals surface area contributed by atoms with Crippen LogP contribution in [0.15, 0.2) is 18.2 Å². The molecule has 1 saturated heterocycles. The standard InChI is InChI=1S/C15H25N3O/c1-2-13-10-14(18-7-5-17-6-8-18)12-15(11-13)19-9-3-4-16/h10-12,17H,2-9,16H2,1H3. The lowest BCUT2D eigenvalue weighted by atomic mass is 10.1. The minimum Gasteiger partial charge on any atom is -0.493 e. The van der Waals surface area contributed by atoms with Crippen LogP contribution in [0, 0.1) is 0 Å². The molecular weight excluding hydrogens is 238 g/mol. The van der Waals surface area contributed by atoms with Crippen LogP contribution in [0.25, 0.3) is 0 Å². The molecule has 19 heavy (non-hydrogen) atoms. The van der Waals surface area contributed by atoms with Crippen LogP contribution in [-0.4, -0.2) is 39.3 Å². The Hall–Kier alpha value is -1.26. The van der Waals surface area contributed by atoms with E-state index in [9.17, 15) is 0 Å². The van der Waals surface area contributed by atoms with Crippen LogP contribution in [0.5, 0.6) is 5.75 Å². The highest BCUT2D eigenvalue weighted by atomic mass is 16.5. The molecular formula is C15H25N3O. The smallest absolute Gasteiger partial charge is 0.121 e. The van der Waals surface area contributed by atoms with Gasteiger partial charge in [0.1, 0.15) is 5.75 Å². The molecule has 1 heterocycles. The molecule has 0 aromatic heterocycles. The molecule has 4 nitrogen and oxygen atoms in total. The Morgan fingerprint density at radius 1 is 1.26 bits per heavy atom. The number of nitrogens with one attached hydrogen (secondary N) is 1. The Labute approximate surface area is 115 Å². The zero-order valence-electron chi connectivity index (χ0n) is 11.8. The van der Waals surface area contributed by atoms with E-state index in [1.165, 1.54) is 11.3 Å². The topological polar surface area (TPSA) is 50.5 Å². The van der Waals surface area contributed by atoms with Crippen LogP contribution < -0.4 is 20.7 Å². The van der Waals surface area contributed by atoms with Gasteiger partial charge in [0.25, 0.3) is 0 Å². The third kappa shape index (κ3) is 4.11. The number of nitrogens with two attached hydrogens (primary N) is 1. The highest BCUT2D eigenvalue weighted by molar-refractivity contribution is 5.54. The number of rotatable bonds is 6. The van der Waals surface area contributed by atoms with Crippen LogP contribution in [-0.2, 0) is 6.42 Å². The van der Waals surface area contributed by atoms with Crippen molar-refractivity contribution < 1.29 is 4.74 Å². The van der Waals surface area contributed by atoms with Crippen LogP contribution in [0.2, 0.25) is 0 Å². The highest BCUT2D eigenvalue weighted by Crippen LogP contribution is 2.25. The quantitative estimate of drug-likeness (QED) is 0.762. The predicted octanol–water partition coefficient (Wildman–Crippen LogP) is 1.39. The largest absolute Gasteiger partial charge is 0.493 e. The van der Waals surface area contributed by atoms with Crippen LogP contribution >= 0.6 is 0 Å². The van der Waals surface area contributed by atoms with Crippen LogP contribution in [0.1, 0.15) is 18.9 Å². The van der Waals surface area contributed by atoms with E-state index in [1.807, 2.05) is 0 Å². The van der Waals surface area contributed by atoms with Crippen molar-refractivity contribution in [2.75, 3.05) is 44.2 Å². The first-order chi connectivity index (χ1) is 9.33. The minimum atomic E-state index is 0.679. The zero-order chi connectivity index (χ0) is 13.5. The van der Waals surface area contributed by atoms with Gasteiger partial charge < -0.3 is 20.7 Å². The molecule has 0 saturated carbocycles. The maximum Gasteiger partial charge on any atom is 0.121 e. The lowest BCUT2D eigenvalue weighted by Gasteiger charge is -2.30. The zero-order valence-corrected chi connectivity index (χ0v) is 11.8. The van der Waals surface area contributed by atoms with E-state index in [0.29, 0.717) is 13.2 Å². The summed E-state index contributed by atoms with van der Waals surface area (Å²) in [6.45, 7) is 7.80. The average Bonchev–Trinajstić information content (AvgIpc) is 2.48. The minimum absolute atomic E-state index is 0.679. The van der Waals surface area contributed by atoms with Gasteiger partial charge in [0.05, 0.1) is 6.61 Å². The summed E-state index contributed by atoms with van der Waals surface area (Å²) in [6.07, 6.45) is 1.94. The number of ether oxygens (including phenoxy) is 1. The van der Waals surface area contributed by atoms with E-state index >= 15 is 0 Å². The van der Waals surface area contributed by atoms with Crippen molar-refractivity contribution in [2.24, 2.45) is 5.73 Å². The van der Waals surface area contributed by atoms with Crippen LogP contribution in [0.3, 0.4) is 0 Å². The number of hydrogen-bond donors (Lipinski definition) is 2. The van der Waals surface area contributed by atoms with Gasteiger partial charge in [0.2, 0.25) is 0 Å². The van der Waals surface area contributed by atoms with Gasteiger partial charge in [-0.2, -0.15) is 0 Å². The van der Waals surface area contributed by atoms with E-state index in [0.717, 1.165) is 44.8 Å². The molecule has 0 aliphatic carbocycles. The predicted molar refractivity (Wildman–Crippen MR) is 80.1 cm³/mol. The summed E-state index contributed by atoms with van der Waals surface area (Å²) in [6, 6.07) is 6.57. The molecule has 1 aromatic rings. The molecule has 2 rings (SSSR count). The molecule has 0 bridgehead atoms. The molecule has 106 valence electrons. The van der Waals surface area contributed by atoms with Gasteiger partial charge in [-0.15, -0.1) is 0 Å². The number of piperazine rings is 1. The number of benzene rings is 1. The van der Waals surface area contributed by atoms with Crippen molar-refractivity contribution in [1.82, 2.24) is 5.32 Å². The van der Waals surface area contributed by atoms with Crippen molar-refractivity contribution in [3.8, 4) is 5.75 Å². The van der Waals surface area contributed by atoms with Gasteiger partial charge in [-0.25, -0.2) is 0 Å². The van der Waals surface area contributed by atoms with E-state index in [4.69, 9.17) is 10.5 Å². The van der Waals surface area contributed by atoms with E-state index in [-0.39, 0.29) is 0 Å². The first kappa shape index (κ1) is 14.2. The molecule has 0 atom stereocenters. The molecule has 1 aromatic carbocycles. The van der Waals surface area contributed by atoms with Crippen LogP contribution in [0.4, 0.5) is 5.69 Å². The lowest BCUT2D eigenvalue weighted by molar-refractivity contribution is 0.313. The van der Waals surface area contributed by atoms with Gasteiger partial charge in [-0.1, -0.05) is 6.92 Å². The molecule has 3 N–H and O–H groups in total. The summed E-state index contributed by atoms with van der Waals surface area (Å²) in [5.41, 5.74) is 8.11. The van der Waals surface area contributed by atoms with E-state index in [1.54, 1.807) is 0 Å². The first-order valence-electron chi connectivity index (χ1n) is 7.26. The normalized spacial score (nSPS) is 15.6. The Morgan fingerprint density at radius 3 is 2.74 bits per heavy atom. The Kier molecular flexibility index (Phi) is 5.48. The second-order valence-electron chi connectivity index (χ2n) is 4.92. The van der Waals surface area contributed by atoms with Crippen molar-refractivity contribution in [3.63, 3.8) is 0 Å². The van der Waals surface area contributed by atoms with Gasteiger partial charge in [0, 0.05) is 37.9 Å². The number of aryl methyl sites for hydroxylation is 1.